The molecule has 0 unspecified atom stereocenters. The second-order valence-electron chi connectivity index (χ2n) is 6.13. The van der Waals surface area contributed by atoms with E-state index in [1.807, 2.05) is 55.6 Å². The van der Waals surface area contributed by atoms with Gasteiger partial charge in [0.15, 0.2) is 0 Å². The molecule has 0 spiro atoms. The molecular weight excluding hydrogens is 314 g/mol. The van der Waals surface area contributed by atoms with Gasteiger partial charge in [0.2, 0.25) is 5.91 Å². The smallest absolute Gasteiger partial charge is 0.227 e. The van der Waals surface area contributed by atoms with Crippen LogP contribution in [-0.2, 0) is 24.2 Å². The number of carbonyl (C=O) groups excluding carboxylic acids is 1. The van der Waals surface area contributed by atoms with Gasteiger partial charge in [-0.15, -0.1) is 0 Å². The van der Waals surface area contributed by atoms with Crippen molar-refractivity contribution in [3.8, 4) is 5.75 Å². The first-order chi connectivity index (χ1) is 12.1. The molecule has 1 heterocycles. The van der Waals surface area contributed by atoms with Crippen LogP contribution < -0.4 is 4.74 Å². The summed E-state index contributed by atoms with van der Waals surface area (Å²) in [5.41, 5.74) is 2.92. The molecule has 1 aromatic heterocycles. The minimum absolute atomic E-state index is 0.0700. The van der Waals surface area contributed by atoms with E-state index in [4.69, 9.17) is 9.15 Å². The molecule has 4 heteroatoms. The number of fused-ring (bicyclic) bond motifs is 1. The van der Waals surface area contributed by atoms with Crippen molar-refractivity contribution in [1.82, 2.24) is 4.90 Å². The van der Waals surface area contributed by atoms with E-state index in [-0.39, 0.29) is 5.91 Å². The van der Waals surface area contributed by atoms with E-state index in [0.29, 0.717) is 13.0 Å². The maximum absolute atomic E-state index is 12.6. The SMILES string of the molecule is CCc1oc2ccccc2c1CN(C)C(=O)Cc1cccc(OC)c1. The number of para-hydroxylation sites is 1. The minimum atomic E-state index is 0.0700. The van der Waals surface area contributed by atoms with Gasteiger partial charge in [-0.1, -0.05) is 37.3 Å². The summed E-state index contributed by atoms with van der Waals surface area (Å²) in [6, 6.07) is 15.6. The maximum atomic E-state index is 12.6. The fraction of sp³-hybridized carbons (Fsp3) is 0.286. The summed E-state index contributed by atoms with van der Waals surface area (Å²) < 4.78 is 11.1. The van der Waals surface area contributed by atoms with Crippen LogP contribution in [0.3, 0.4) is 0 Å². The summed E-state index contributed by atoms with van der Waals surface area (Å²) in [6.45, 7) is 2.61. The molecule has 0 aliphatic carbocycles. The summed E-state index contributed by atoms with van der Waals surface area (Å²) in [6.07, 6.45) is 1.16. The van der Waals surface area contributed by atoms with Crippen molar-refractivity contribution >= 4 is 16.9 Å². The molecular formula is C21H23NO3. The zero-order valence-corrected chi connectivity index (χ0v) is 14.9. The highest BCUT2D eigenvalue weighted by atomic mass is 16.5. The Morgan fingerprint density at radius 2 is 1.96 bits per heavy atom. The van der Waals surface area contributed by atoms with Gasteiger partial charge in [0.25, 0.3) is 0 Å². The van der Waals surface area contributed by atoms with E-state index in [0.717, 1.165) is 40.0 Å². The number of ether oxygens (including phenoxy) is 1. The Bertz CT molecular complexity index is 882. The number of nitrogens with zero attached hydrogens (tertiary/aromatic N) is 1. The fourth-order valence-corrected chi connectivity index (χ4v) is 3.03. The lowest BCUT2D eigenvalue weighted by molar-refractivity contribution is -0.129. The lowest BCUT2D eigenvalue weighted by Crippen LogP contribution is -2.28. The second-order valence-corrected chi connectivity index (χ2v) is 6.13. The Labute approximate surface area is 148 Å². The zero-order valence-electron chi connectivity index (χ0n) is 14.9. The lowest BCUT2D eigenvalue weighted by atomic mass is 10.1. The summed E-state index contributed by atoms with van der Waals surface area (Å²) in [4.78, 5) is 14.4. The van der Waals surface area contributed by atoms with Crippen LogP contribution in [0.1, 0.15) is 23.8 Å². The van der Waals surface area contributed by atoms with Gasteiger partial charge in [0, 0.05) is 31.0 Å². The van der Waals surface area contributed by atoms with Gasteiger partial charge >= 0.3 is 0 Å². The average molecular weight is 337 g/mol. The fourth-order valence-electron chi connectivity index (χ4n) is 3.03. The third-order valence-electron chi connectivity index (χ3n) is 4.41. The van der Waals surface area contributed by atoms with Crippen molar-refractivity contribution in [2.45, 2.75) is 26.3 Å². The first kappa shape index (κ1) is 17.1. The van der Waals surface area contributed by atoms with Gasteiger partial charge < -0.3 is 14.1 Å². The van der Waals surface area contributed by atoms with Crippen molar-refractivity contribution in [2.24, 2.45) is 0 Å². The second kappa shape index (κ2) is 7.43. The van der Waals surface area contributed by atoms with Gasteiger partial charge in [-0.2, -0.15) is 0 Å². The highest BCUT2D eigenvalue weighted by molar-refractivity contribution is 5.83. The Balaban J connectivity index is 1.77. The van der Waals surface area contributed by atoms with E-state index in [2.05, 4.69) is 6.92 Å². The normalized spacial score (nSPS) is 10.8. The first-order valence-corrected chi connectivity index (χ1v) is 8.48. The molecule has 0 aliphatic heterocycles. The Hall–Kier alpha value is -2.75. The number of methoxy groups -OCH3 is 1. The molecule has 0 saturated carbocycles. The van der Waals surface area contributed by atoms with Crippen molar-refractivity contribution in [2.75, 3.05) is 14.2 Å². The number of benzene rings is 2. The van der Waals surface area contributed by atoms with Crippen LogP contribution in [0.2, 0.25) is 0 Å². The van der Waals surface area contributed by atoms with E-state index < -0.39 is 0 Å². The average Bonchev–Trinajstić information content (AvgIpc) is 2.99. The molecule has 0 radical (unpaired) electrons. The van der Waals surface area contributed by atoms with Crippen molar-refractivity contribution in [1.29, 1.82) is 0 Å². The predicted octanol–water partition coefficient (Wildman–Crippen LogP) is 4.20. The number of furan rings is 1. The molecule has 3 aromatic rings. The standard InChI is InChI=1S/C21H23NO3/c1-4-19-18(17-10-5-6-11-20(17)25-19)14-22(2)21(23)13-15-8-7-9-16(12-15)24-3/h5-12H,4,13-14H2,1-3H3. The molecule has 3 rings (SSSR count). The monoisotopic (exact) mass is 337 g/mol. The van der Waals surface area contributed by atoms with Crippen molar-refractivity contribution in [3.05, 3.63) is 65.4 Å². The quantitative estimate of drug-likeness (QED) is 0.677. The molecule has 1 amide bonds. The van der Waals surface area contributed by atoms with Gasteiger partial charge in [-0.25, -0.2) is 0 Å². The molecule has 25 heavy (non-hydrogen) atoms. The summed E-state index contributed by atoms with van der Waals surface area (Å²) in [7, 11) is 3.47. The Morgan fingerprint density at radius 1 is 1.16 bits per heavy atom. The molecule has 4 nitrogen and oxygen atoms in total. The molecule has 130 valence electrons. The van der Waals surface area contributed by atoms with Crippen LogP contribution in [0.15, 0.2) is 52.9 Å². The molecule has 0 N–H and O–H groups in total. The molecule has 0 bridgehead atoms. The van der Waals surface area contributed by atoms with Crippen LogP contribution in [0.5, 0.6) is 5.75 Å². The van der Waals surface area contributed by atoms with E-state index in [1.165, 1.54) is 0 Å². The molecule has 0 aliphatic rings. The number of hydrogen-bond donors (Lipinski definition) is 0. The zero-order chi connectivity index (χ0) is 17.8. The van der Waals surface area contributed by atoms with Crippen LogP contribution in [0.4, 0.5) is 0 Å². The van der Waals surface area contributed by atoms with Gasteiger partial charge in [-0.05, 0) is 23.8 Å². The summed E-state index contributed by atoms with van der Waals surface area (Å²) in [5, 5.41) is 1.08. The highest BCUT2D eigenvalue weighted by Gasteiger charge is 2.17. The first-order valence-electron chi connectivity index (χ1n) is 8.48. The lowest BCUT2D eigenvalue weighted by Gasteiger charge is -2.17. The summed E-state index contributed by atoms with van der Waals surface area (Å²) >= 11 is 0. The van der Waals surface area contributed by atoms with E-state index >= 15 is 0 Å². The van der Waals surface area contributed by atoms with Gasteiger partial charge in [0.05, 0.1) is 13.5 Å². The number of amides is 1. The number of aryl methyl sites for hydroxylation is 1. The molecule has 0 saturated heterocycles. The topological polar surface area (TPSA) is 42.7 Å². The number of carbonyl (C=O) groups is 1. The van der Waals surface area contributed by atoms with Crippen LogP contribution in [0.25, 0.3) is 11.0 Å². The molecule has 0 atom stereocenters. The molecule has 2 aromatic carbocycles. The largest absolute Gasteiger partial charge is 0.497 e. The molecule has 0 fully saturated rings. The minimum Gasteiger partial charge on any atom is -0.497 e. The third kappa shape index (κ3) is 3.68. The van der Waals surface area contributed by atoms with Crippen LogP contribution >= 0.6 is 0 Å². The number of hydrogen-bond acceptors (Lipinski definition) is 3. The third-order valence-corrected chi connectivity index (χ3v) is 4.41. The number of rotatable bonds is 6. The summed E-state index contributed by atoms with van der Waals surface area (Å²) in [5.74, 6) is 1.78. The van der Waals surface area contributed by atoms with E-state index in [9.17, 15) is 4.79 Å². The predicted molar refractivity (Wildman–Crippen MR) is 98.8 cm³/mol. The van der Waals surface area contributed by atoms with E-state index in [1.54, 1.807) is 12.0 Å². The Kier molecular flexibility index (Phi) is 5.08. The van der Waals surface area contributed by atoms with Crippen molar-refractivity contribution in [3.63, 3.8) is 0 Å². The Morgan fingerprint density at radius 3 is 2.72 bits per heavy atom. The van der Waals surface area contributed by atoms with Crippen LogP contribution in [0, 0.1) is 0 Å². The van der Waals surface area contributed by atoms with Crippen molar-refractivity contribution < 1.29 is 13.9 Å². The maximum Gasteiger partial charge on any atom is 0.227 e. The van der Waals surface area contributed by atoms with Gasteiger partial charge in [-0.3, -0.25) is 4.79 Å². The van der Waals surface area contributed by atoms with Crippen LogP contribution in [-0.4, -0.2) is 25.0 Å². The number of likely N-dealkylation sites (N-methyl/N-ethyl adjacent to an activating group) is 1. The highest BCUT2D eigenvalue weighted by Crippen LogP contribution is 2.27. The van der Waals surface area contributed by atoms with Gasteiger partial charge in [0.1, 0.15) is 17.1 Å².